The maximum atomic E-state index is 13.1. The Bertz CT molecular complexity index is 1240. The van der Waals surface area contributed by atoms with Gasteiger partial charge in [0.05, 0.1) is 18.7 Å². The van der Waals surface area contributed by atoms with Gasteiger partial charge in [0.25, 0.3) is 0 Å². The number of aliphatic carboxylic acids is 1. The number of nitrogens with zero attached hydrogens (tertiary/aromatic N) is 1. The Balaban J connectivity index is 1.58. The third-order valence-corrected chi connectivity index (χ3v) is 5.93. The summed E-state index contributed by atoms with van der Waals surface area (Å²) in [5.74, 6) is 0.169. The molecule has 3 aromatic rings. The highest BCUT2D eigenvalue weighted by atomic mass is 19.4. The first-order chi connectivity index (χ1) is 19.7. The van der Waals surface area contributed by atoms with Crippen LogP contribution in [0.5, 0.6) is 11.5 Å². The number of carboxylic acids is 1. The van der Waals surface area contributed by atoms with E-state index >= 15 is 0 Å². The molecule has 3 aromatic carbocycles. The molecule has 0 bridgehead atoms. The van der Waals surface area contributed by atoms with Gasteiger partial charge in [0.2, 0.25) is 0 Å². The first-order valence-electron chi connectivity index (χ1n) is 13.1. The Morgan fingerprint density at radius 2 is 1.59 bits per heavy atom. The molecule has 0 saturated heterocycles. The quantitative estimate of drug-likeness (QED) is 0.212. The molecular formula is C30H33F3N2O6. The van der Waals surface area contributed by atoms with Gasteiger partial charge in [0, 0.05) is 25.3 Å². The molecular weight excluding hydrogens is 541 g/mol. The van der Waals surface area contributed by atoms with E-state index in [-0.39, 0.29) is 38.4 Å². The Morgan fingerprint density at radius 1 is 0.902 bits per heavy atom. The average molecular weight is 575 g/mol. The maximum absolute atomic E-state index is 13.1. The zero-order chi connectivity index (χ0) is 29.7. The molecule has 0 aliphatic heterocycles. The fourth-order valence-electron chi connectivity index (χ4n) is 3.88. The minimum atomic E-state index is -4.53. The van der Waals surface area contributed by atoms with Crippen LogP contribution in [0.4, 0.5) is 23.7 Å². The van der Waals surface area contributed by atoms with Crippen LogP contribution in [0.2, 0.25) is 0 Å². The van der Waals surface area contributed by atoms with Crippen LogP contribution in [0.1, 0.15) is 24.5 Å². The highest BCUT2D eigenvalue weighted by Crippen LogP contribution is 2.30. The largest absolute Gasteiger partial charge is 0.494 e. The van der Waals surface area contributed by atoms with E-state index in [0.29, 0.717) is 24.5 Å². The molecule has 1 atom stereocenters. The van der Waals surface area contributed by atoms with Gasteiger partial charge in [-0.15, -0.1) is 0 Å². The van der Waals surface area contributed by atoms with Gasteiger partial charge >= 0.3 is 18.2 Å². The van der Waals surface area contributed by atoms with Crippen molar-refractivity contribution in [1.82, 2.24) is 4.90 Å². The minimum absolute atomic E-state index is 0.0265. The number of carbonyl (C=O) groups is 2. The Labute approximate surface area is 236 Å². The number of anilines is 1. The summed E-state index contributed by atoms with van der Waals surface area (Å²) in [5, 5.41) is 11.8. The van der Waals surface area contributed by atoms with Crippen molar-refractivity contribution >= 4 is 17.7 Å². The summed E-state index contributed by atoms with van der Waals surface area (Å²) in [6.45, 7) is 2.89. The highest BCUT2D eigenvalue weighted by molar-refractivity contribution is 5.89. The fraction of sp³-hybridized carbons (Fsp3) is 0.333. The second kappa shape index (κ2) is 15.5. The molecule has 3 rings (SSSR count). The Hall–Kier alpha value is -4.25. The van der Waals surface area contributed by atoms with E-state index < -0.39 is 29.8 Å². The SMILES string of the molecule is CCOC(Cc1ccc(OCCN(CCCOc2ccccc2)C(=O)Nc2cccc(C(F)(F)F)c2)cc1)C(=O)O. The monoisotopic (exact) mass is 574 g/mol. The van der Waals surface area contributed by atoms with Crippen LogP contribution in [-0.2, 0) is 22.1 Å². The number of alkyl halides is 3. The number of benzene rings is 3. The van der Waals surface area contributed by atoms with Crippen LogP contribution in [0.25, 0.3) is 0 Å². The molecule has 1 unspecified atom stereocenters. The van der Waals surface area contributed by atoms with Gasteiger partial charge in [-0.1, -0.05) is 36.4 Å². The lowest BCUT2D eigenvalue weighted by Gasteiger charge is -2.23. The van der Waals surface area contributed by atoms with E-state index in [1.165, 1.54) is 17.0 Å². The molecule has 0 radical (unpaired) electrons. The van der Waals surface area contributed by atoms with E-state index in [1.807, 2.05) is 30.3 Å². The second-order valence-corrected chi connectivity index (χ2v) is 8.99. The summed E-state index contributed by atoms with van der Waals surface area (Å²) in [7, 11) is 0. The van der Waals surface area contributed by atoms with E-state index in [1.54, 1.807) is 31.2 Å². The molecule has 220 valence electrons. The van der Waals surface area contributed by atoms with Gasteiger partial charge in [-0.2, -0.15) is 13.2 Å². The molecule has 0 aromatic heterocycles. The van der Waals surface area contributed by atoms with Crippen molar-refractivity contribution < 1.29 is 42.1 Å². The van der Waals surface area contributed by atoms with Gasteiger partial charge in [-0.25, -0.2) is 9.59 Å². The first kappa shape index (κ1) is 31.3. The number of para-hydroxylation sites is 1. The number of ether oxygens (including phenoxy) is 3. The minimum Gasteiger partial charge on any atom is -0.494 e. The third kappa shape index (κ3) is 10.7. The van der Waals surface area contributed by atoms with Crippen molar-refractivity contribution in [2.45, 2.75) is 32.0 Å². The van der Waals surface area contributed by atoms with E-state index in [2.05, 4.69) is 5.32 Å². The predicted molar refractivity (Wildman–Crippen MR) is 147 cm³/mol. The molecule has 8 nitrogen and oxygen atoms in total. The standard InChI is InChI=1S/C30H33F3N2O6/c1-2-39-27(28(36)37)20-22-12-14-26(15-13-22)41-19-17-35(16-7-18-40-25-10-4-3-5-11-25)29(38)34-24-9-6-8-23(21-24)30(31,32)33/h3-6,8-15,21,27H,2,7,16-20H2,1H3,(H,34,38)(H,36,37). The number of hydrogen-bond donors (Lipinski definition) is 2. The molecule has 0 fully saturated rings. The van der Waals surface area contributed by atoms with Crippen molar-refractivity contribution in [3.8, 4) is 11.5 Å². The van der Waals surface area contributed by atoms with Gasteiger partial charge in [-0.3, -0.25) is 0 Å². The first-order valence-corrected chi connectivity index (χ1v) is 13.1. The zero-order valence-corrected chi connectivity index (χ0v) is 22.6. The Morgan fingerprint density at radius 3 is 2.24 bits per heavy atom. The lowest BCUT2D eigenvalue weighted by Crippen LogP contribution is -2.39. The number of carbonyl (C=O) groups excluding carboxylic acids is 1. The van der Waals surface area contributed by atoms with Crippen molar-refractivity contribution in [3.63, 3.8) is 0 Å². The normalized spacial score (nSPS) is 11.9. The van der Waals surface area contributed by atoms with Gasteiger partial charge in [0.1, 0.15) is 18.1 Å². The summed E-state index contributed by atoms with van der Waals surface area (Å²) in [4.78, 5) is 25.8. The van der Waals surface area contributed by atoms with Crippen molar-refractivity contribution in [1.29, 1.82) is 0 Å². The van der Waals surface area contributed by atoms with Crippen LogP contribution in [0.15, 0.2) is 78.9 Å². The fourth-order valence-corrected chi connectivity index (χ4v) is 3.88. The summed E-state index contributed by atoms with van der Waals surface area (Å²) in [5.41, 5.74) is -0.0712. The van der Waals surface area contributed by atoms with Gasteiger partial charge in [0.15, 0.2) is 6.10 Å². The number of amides is 2. The molecule has 0 aliphatic carbocycles. The number of rotatable bonds is 15. The van der Waals surface area contributed by atoms with E-state index in [9.17, 15) is 27.9 Å². The lowest BCUT2D eigenvalue weighted by atomic mass is 10.1. The predicted octanol–water partition coefficient (Wildman–Crippen LogP) is 6.12. The number of hydrogen-bond acceptors (Lipinski definition) is 5. The molecule has 41 heavy (non-hydrogen) atoms. The van der Waals surface area contributed by atoms with Crippen LogP contribution in [-0.4, -0.2) is 61.0 Å². The number of nitrogens with one attached hydrogen (secondary N) is 1. The topological polar surface area (TPSA) is 97.3 Å². The number of halogens is 3. The maximum Gasteiger partial charge on any atom is 0.416 e. The lowest BCUT2D eigenvalue weighted by molar-refractivity contribution is -0.150. The van der Waals surface area contributed by atoms with Crippen LogP contribution < -0.4 is 14.8 Å². The highest BCUT2D eigenvalue weighted by Gasteiger charge is 2.30. The van der Waals surface area contributed by atoms with Crippen LogP contribution >= 0.6 is 0 Å². The smallest absolute Gasteiger partial charge is 0.416 e. The van der Waals surface area contributed by atoms with E-state index in [0.717, 1.165) is 17.7 Å². The summed E-state index contributed by atoms with van der Waals surface area (Å²) in [6.07, 6.45) is -4.79. The molecule has 2 N–H and O–H groups in total. The average Bonchev–Trinajstić information content (AvgIpc) is 2.95. The van der Waals surface area contributed by atoms with Gasteiger partial charge in [-0.05, 0) is 61.4 Å². The van der Waals surface area contributed by atoms with E-state index in [4.69, 9.17) is 14.2 Å². The number of carboxylic acid groups (broad SMARTS) is 1. The summed E-state index contributed by atoms with van der Waals surface area (Å²) in [6, 6.07) is 19.9. The zero-order valence-electron chi connectivity index (χ0n) is 22.6. The van der Waals surface area contributed by atoms with Crippen LogP contribution in [0.3, 0.4) is 0 Å². The van der Waals surface area contributed by atoms with Crippen molar-refractivity contribution in [3.05, 3.63) is 90.0 Å². The Kier molecular flexibility index (Phi) is 11.8. The third-order valence-electron chi connectivity index (χ3n) is 5.93. The van der Waals surface area contributed by atoms with Crippen LogP contribution in [0, 0.1) is 0 Å². The molecule has 2 amide bonds. The summed E-state index contributed by atoms with van der Waals surface area (Å²) >= 11 is 0. The summed E-state index contributed by atoms with van der Waals surface area (Å²) < 4.78 is 56.0. The van der Waals surface area contributed by atoms with Crippen molar-refractivity contribution in [2.24, 2.45) is 0 Å². The molecule has 0 spiro atoms. The van der Waals surface area contributed by atoms with Crippen molar-refractivity contribution in [2.75, 3.05) is 38.2 Å². The second-order valence-electron chi connectivity index (χ2n) is 8.99. The molecule has 0 heterocycles. The number of urea groups is 1. The molecule has 11 heteroatoms. The van der Waals surface area contributed by atoms with Gasteiger partial charge < -0.3 is 29.5 Å². The molecule has 0 saturated carbocycles. The molecule has 0 aliphatic rings.